The van der Waals surface area contributed by atoms with Gasteiger partial charge in [0.2, 0.25) is 0 Å². The molecule has 5 nitrogen and oxygen atoms in total. The summed E-state index contributed by atoms with van der Waals surface area (Å²) in [7, 11) is 0. The van der Waals surface area contributed by atoms with Gasteiger partial charge in [-0.05, 0) is 44.2 Å². The smallest absolute Gasteiger partial charge is 0.321 e. The van der Waals surface area contributed by atoms with Gasteiger partial charge in [0.05, 0.1) is 0 Å². The Hall–Kier alpha value is -1.88. The lowest BCUT2D eigenvalue weighted by molar-refractivity contribution is 0.101. The highest BCUT2D eigenvalue weighted by Gasteiger charge is 2.23. The molecule has 1 aliphatic heterocycles. The normalized spacial score (nSPS) is 18.4. The van der Waals surface area contributed by atoms with Gasteiger partial charge in [-0.3, -0.25) is 4.79 Å². The topological polar surface area (TPSA) is 69.6 Å². The molecule has 1 fully saturated rings. The van der Waals surface area contributed by atoms with E-state index in [-0.39, 0.29) is 18.4 Å². The van der Waals surface area contributed by atoms with E-state index in [1.807, 2.05) is 0 Å². The molecular formula is C16H22N2O3. The second kappa shape index (κ2) is 7.22. The van der Waals surface area contributed by atoms with Crippen molar-refractivity contribution in [3.8, 4) is 0 Å². The van der Waals surface area contributed by atoms with Crippen LogP contribution in [0.3, 0.4) is 0 Å². The Bertz CT molecular complexity index is 514. The Morgan fingerprint density at radius 1 is 1.43 bits per heavy atom. The molecule has 0 aliphatic carbocycles. The molecule has 0 saturated carbocycles. The van der Waals surface area contributed by atoms with Crippen LogP contribution in [-0.4, -0.2) is 41.5 Å². The number of aliphatic hydroxyl groups excluding tert-OH is 1. The quantitative estimate of drug-likeness (QED) is 0.837. The molecule has 1 atom stereocenters. The number of Topliss-reactive ketones (excluding diaryl/α,β-unsaturated/α-hetero) is 1. The van der Waals surface area contributed by atoms with Gasteiger partial charge in [-0.25, -0.2) is 4.79 Å². The van der Waals surface area contributed by atoms with Crippen molar-refractivity contribution in [2.24, 2.45) is 5.92 Å². The fourth-order valence-electron chi connectivity index (χ4n) is 2.69. The summed E-state index contributed by atoms with van der Waals surface area (Å²) in [6, 6.07) is 6.82. The molecule has 21 heavy (non-hydrogen) atoms. The average Bonchev–Trinajstić information content (AvgIpc) is 2.48. The fourth-order valence-corrected chi connectivity index (χ4v) is 2.69. The maximum absolute atomic E-state index is 12.3. The molecule has 0 radical (unpaired) electrons. The Morgan fingerprint density at radius 2 is 2.24 bits per heavy atom. The first-order valence-electron chi connectivity index (χ1n) is 7.38. The average molecular weight is 290 g/mol. The van der Waals surface area contributed by atoms with E-state index in [4.69, 9.17) is 5.11 Å². The largest absolute Gasteiger partial charge is 0.396 e. The van der Waals surface area contributed by atoms with E-state index in [0.717, 1.165) is 25.8 Å². The zero-order chi connectivity index (χ0) is 15.2. The van der Waals surface area contributed by atoms with E-state index in [0.29, 0.717) is 23.7 Å². The number of rotatable bonds is 4. The van der Waals surface area contributed by atoms with E-state index in [1.54, 1.807) is 29.2 Å². The van der Waals surface area contributed by atoms with Crippen LogP contribution in [0.1, 0.15) is 36.5 Å². The summed E-state index contributed by atoms with van der Waals surface area (Å²) in [6.45, 7) is 3.09. The summed E-state index contributed by atoms with van der Waals surface area (Å²) >= 11 is 0. The lowest BCUT2D eigenvalue weighted by Crippen LogP contribution is -2.42. The van der Waals surface area contributed by atoms with Crippen LogP contribution in [0.4, 0.5) is 10.5 Å². The van der Waals surface area contributed by atoms with Gasteiger partial charge in [0.15, 0.2) is 5.78 Å². The molecule has 5 heteroatoms. The van der Waals surface area contributed by atoms with Crippen LogP contribution in [0.25, 0.3) is 0 Å². The minimum Gasteiger partial charge on any atom is -0.396 e. The highest BCUT2D eigenvalue weighted by Crippen LogP contribution is 2.20. The lowest BCUT2D eigenvalue weighted by atomic mass is 9.95. The van der Waals surface area contributed by atoms with Crippen molar-refractivity contribution in [1.82, 2.24) is 4.90 Å². The number of ketones is 1. The van der Waals surface area contributed by atoms with Crippen molar-refractivity contribution in [2.45, 2.75) is 26.2 Å². The molecule has 0 aromatic heterocycles. The van der Waals surface area contributed by atoms with Crippen LogP contribution in [0, 0.1) is 5.92 Å². The van der Waals surface area contributed by atoms with E-state index in [1.165, 1.54) is 6.92 Å². The van der Waals surface area contributed by atoms with Gasteiger partial charge in [0, 0.05) is 30.9 Å². The first-order valence-corrected chi connectivity index (χ1v) is 7.38. The third-order valence-corrected chi connectivity index (χ3v) is 3.86. The number of hydrogen-bond donors (Lipinski definition) is 2. The van der Waals surface area contributed by atoms with Gasteiger partial charge >= 0.3 is 6.03 Å². The van der Waals surface area contributed by atoms with Gasteiger partial charge < -0.3 is 15.3 Å². The summed E-state index contributed by atoms with van der Waals surface area (Å²) < 4.78 is 0. The number of aliphatic hydroxyl groups is 1. The number of nitrogens with zero attached hydrogens (tertiary/aromatic N) is 1. The van der Waals surface area contributed by atoms with Crippen molar-refractivity contribution in [3.63, 3.8) is 0 Å². The number of carbonyl (C=O) groups excluding carboxylic acids is 2. The van der Waals surface area contributed by atoms with Gasteiger partial charge in [-0.15, -0.1) is 0 Å². The molecule has 2 N–H and O–H groups in total. The SMILES string of the molecule is CC(=O)c1cccc(NC(=O)N2CCCC(CCO)C2)c1. The zero-order valence-electron chi connectivity index (χ0n) is 12.3. The first kappa shape index (κ1) is 15.5. The molecule has 114 valence electrons. The Kier molecular flexibility index (Phi) is 5.33. The van der Waals surface area contributed by atoms with E-state index >= 15 is 0 Å². The van der Waals surface area contributed by atoms with Gasteiger partial charge in [0.1, 0.15) is 0 Å². The monoisotopic (exact) mass is 290 g/mol. The number of nitrogens with one attached hydrogen (secondary N) is 1. The zero-order valence-corrected chi connectivity index (χ0v) is 12.3. The highest BCUT2D eigenvalue weighted by molar-refractivity contribution is 5.96. The maximum Gasteiger partial charge on any atom is 0.321 e. The Balaban J connectivity index is 1.97. The number of carbonyl (C=O) groups is 2. The molecule has 1 unspecified atom stereocenters. The van der Waals surface area contributed by atoms with Gasteiger partial charge in [0.25, 0.3) is 0 Å². The Labute approximate surface area is 125 Å². The summed E-state index contributed by atoms with van der Waals surface area (Å²) in [5.74, 6) is 0.352. The summed E-state index contributed by atoms with van der Waals surface area (Å²) in [6.07, 6.45) is 2.76. The fraction of sp³-hybridized carbons (Fsp3) is 0.500. The van der Waals surface area contributed by atoms with Crippen LogP contribution in [0.2, 0.25) is 0 Å². The second-order valence-corrected chi connectivity index (χ2v) is 5.53. The lowest BCUT2D eigenvalue weighted by Gasteiger charge is -2.32. The third-order valence-electron chi connectivity index (χ3n) is 3.86. The molecule has 1 aromatic carbocycles. The number of amides is 2. The molecule has 2 rings (SSSR count). The molecule has 1 saturated heterocycles. The molecule has 1 aliphatic rings. The molecule has 2 amide bonds. The van der Waals surface area contributed by atoms with E-state index < -0.39 is 0 Å². The molecule has 0 spiro atoms. The minimum absolute atomic E-state index is 0.0212. The summed E-state index contributed by atoms with van der Waals surface area (Å²) in [5, 5.41) is 11.9. The van der Waals surface area contributed by atoms with E-state index in [9.17, 15) is 9.59 Å². The molecule has 1 aromatic rings. The van der Waals surface area contributed by atoms with Gasteiger partial charge in [-0.2, -0.15) is 0 Å². The van der Waals surface area contributed by atoms with Crippen molar-refractivity contribution < 1.29 is 14.7 Å². The molecular weight excluding hydrogens is 268 g/mol. The van der Waals surface area contributed by atoms with Crippen LogP contribution in [0.5, 0.6) is 0 Å². The number of hydrogen-bond acceptors (Lipinski definition) is 3. The number of piperidine rings is 1. The summed E-state index contributed by atoms with van der Waals surface area (Å²) in [5.41, 5.74) is 1.22. The minimum atomic E-state index is -0.140. The third kappa shape index (κ3) is 4.29. The van der Waals surface area contributed by atoms with Crippen molar-refractivity contribution >= 4 is 17.5 Å². The van der Waals surface area contributed by atoms with Crippen LogP contribution >= 0.6 is 0 Å². The standard InChI is InChI=1S/C16H22N2O3/c1-12(20)14-5-2-6-15(10-14)17-16(21)18-8-3-4-13(11-18)7-9-19/h2,5-6,10,13,19H,3-4,7-9,11H2,1H3,(H,17,21). The predicted molar refractivity (Wildman–Crippen MR) is 81.5 cm³/mol. The number of urea groups is 1. The number of benzene rings is 1. The molecule has 0 bridgehead atoms. The summed E-state index contributed by atoms with van der Waals surface area (Å²) in [4.78, 5) is 25.4. The van der Waals surface area contributed by atoms with Crippen LogP contribution in [-0.2, 0) is 0 Å². The van der Waals surface area contributed by atoms with Crippen LogP contribution < -0.4 is 5.32 Å². The predicted octanol–water partition coefficient (Wildman–Crippen LogP) is 2.52. The van der Waals surface area contributed by atoms with Crippen molar-refractivity contribution in [2.75, 3.05) is 25.0 Å². The van der Waals surface area contributed by atoms with Crippen molar-refractivity contribution in [1.29, 1.82) is 0 Å². The van der Waals surface area contributed by atoms with Crippen LogP contribution in [0.15, 0.2) is 24.3 Å². The second-order valence-electron chi connectivity index (χ2n) is 5.53. The van der Waals surface area contributed by atoms with Gasteiger partial charge in [-0.1, -0.05) is 12.1 Å². The molecule has 1 heterocycles. The Morgan fingerprint density at radius 3 is 2.95 bits per heavy atom. The van der Waals surface area contributed by atoms with Crippen molar-refractivity contribution in [3.05, 3.63) is 29.8 Å². The number of likely N-dealkylation sites (tertiary alicyclic amines) is 1. The maximum atomic E-state index is 12.3. The highest BCUT2D eigenvalue weighted by atomic mass is 16.3. The van der Waals surface area contributed by atoms with E-state index in [2.05, 4.69) is 5.32 Å². The number of anilines is 1. The first-order chi connectivity index (χ1) is 10.1.